The highest BCUT2D eigenvalue weighted by molar-refractivity contribution is 6.39. The van der Waals surface area contributed by atoms with Crippen molar-refractivity contribution >= 4 is 29.2 Å². The molecule has 1 aliphatic carbocycles. The Hall–Kier alpha value is -2.86. The summed E-state index contributed by atoms with van der Waals surface area (Å²) in [6.07, 6.45) is 5.35. The zero-order chi connectivity index (χ0) is 22.9. The zero-order valence-electron chi connectivity index (χ0n) is 18.5. The van der Waals surface area contributed by atoms with Gasteiger partial charge in [0, 0.05) is 22.9 Å². The number of carbonyl (C=O) groups excluding carboxylic acids is 2. The van der Waals surface area contributed by atoms with E-state index < -0.39 is 12.0 Å². The summed E-state index contributed by atoms with van der Waals surface area (Å²) in [4.78, 5) is 30.3. The van der Waals surface area contributed by atoms with Crippen molar-refractivity contribution in [3.05, 3.63) is 59.1 Å². The van der Waals surface area contributed by atoms with E-state index in [4.69, 9.17) is 21.2 Å². The molecule has 170 valence electrons. The molecule has 0 spiro atoms. The van der Waals surface area contributed by atoms with Crippen molar-refractivity contribution in [2.45, 2.75) is 44.6 Å². The van der Waals surface area contributed by atoms with Gasteiger partial charge in [0.25, 0.3) is 5.91 Å². The molecule has 32 heavy (non-hydrogen) atoms. The maximum atomic E-state index is 13.0. The molecule has 2 aromatic rings. The Balaban J connectivity index is 1.73. The van der Waals surface area contributed by atoms with Gasteiger partial charge < -0.3 is 14.9 Å². The third-order valence-corrected chi connectivity index (χ3v) is 6.11. The number of nitrogens with zero attached hydrogens (tertiary/aromatic N) is 1. The second-order valence-corrected chi connectivity index (χ2v) is 8.33. The Morgan fingerprint density at radius 3 is 2.38 bits per heavy atom. The number of halogens is 1. The number of hydrogen-bond donors (Lipinski definition) is 1. The van der Waals surface area contributed by atoms with E-state index in [0.717, 1.165) is 48.8 Å². The molecule has 0 radical (unpaired) electrons. The minimum absolute atomic E-state index is 0.0388. The first-order chi connectivity index (χ1) is 15.5. The Morgan fingerprint density at radius 2 is 1.75 bits per heavy atom. The summed E-state index contributed by atoms with van der Waals surface area (Å²) in [5, 5.41) is 7.47. The molecular formula is C25H29ClN2O4. The van der Waals surface area contributed by atoms with E-state index >= 15 is 0 Å². The third kappa shape index (κ3) is 6.10. The highest BCUT2D eigenvalue weighted by atomic mass is 35.5. The van der Waals surface area contributed by atoms with Crippen LogP contribution in [0.2, 0.25) is 5.02 Å². The molecule has 7 heteroatoms. The molecule has 0 saturated heterocycles. The lowest BCUT2D eigenvalue weighted by Gasteiger charge is -2.24. The van der Waals surface area contributed by atoms with E-state index in [9.17, 15) is 9.59 Å². The second kappa shape index (κ2) is 11.7. The topological polar surface area (TPSA) is 77.0 Å². The van der Waals surface area contributed by atoms with Crippen LogP contribution in [0.15, 0.2) is 53.7 Å². The summed E-state index contributed by atoms with van der Waals surface area (Å²) >= 11 is 6.29. The van der Waals surface area contributed by atoms with Gasteiger partial charge >= 0.3 is 5.97 Å². The maximum absolute atomic E-state index is 13.0. The van der Waals surface area contributed by atoms with Gasteiger partial charge in [-0.2, -0.15) is 0 Å². The van der Waals surface area contributed by atoms with Crippen molar-refractivity contribution in [3.8, 4) is 11.1 Å². The third-order valence-electron chi connectivity index (χ3n) is 5.78. The lowest BCUT2D eigenvalue weighted by Crippen LogP contribution is -2.47. The van der Waals surface area contributed by atoms with Gasteiger partial charge in [-0.05, 0) is 30.0 Å². The average Bonchev–Trinajstić information content (AvgIpc) is 2.83. The van der Waals surface area contributed by atoms with Crippen molar-refractivity contribution in [1.82, 2.24) is 5.32 Å². The first kappa shape index (κ1) is 23.8. The van der Waals surface area contributed by atoms with E-state index in [1.807, 2.05) is 48.5 Å². The molecular weight excluding hydrogens is 428 g/mol. The van der Waals surface area contributed by atoms with Crippen LogP contribution in [0.5, 0.6) is 0 Å². The highest BCUT2D eigenvalue weighted by Crippen LogP contribution is 2.28. The molecule has 1 N–H and O–H groups in total. The molecule has 0 unspecified atom stereocenters. The fraction of sp³-hybridized carbons (Fsp3) is 0.400. The number of ether oxygens (including phenoxy) is 1. The monoisotopic (exact) mass is 456 g/mol. The number of esters is 1. The van der Waals surface area contributed by atoms with Crippen LogP contribution in [-0.2, 0) is 25.6 Å². The first-order valence-corrected chi connectivity index (χ1v) is 11.2. The molecule has 1 aliphatic rings. The summed E-state index contributed by atoms with van der Waals surface area (Å²) in [5.41, 5.74) is 3.14. The lowest BCUT2D eigenvalue weighted by molar-refractivity contribution is -0.144. The Kier molecular flexibility index (Phi) is 8.68. The predicted octanol–water partition coefficient (Wildman–Crippen LogP) is 4.79. The Bertz CT molecular complexity index is 953. The number of oxime groups is 1. The highest BCUT2D eigenvalue weighted by Gasteiger charge is 2.30. The molecule has 0 aromatic heterocycles. The molecule has 1 atom stereocenters. The van der Waals surface area contributed by atoms with E-state index in [0.29, 0.717) is 17.2 Å². The van der Waals surface area contributed by atoms with E-state index in [2.05, 4.69) is 10.5 Å². The number of benzene rings is 2. The quantitative estimate of drug-likeness (QED) is 0.352. The first-order valence-electron chi connectivity index (χ1n) is 10.9. The molecule has 2 aromatic carbocycles. The van der Waals surface area contributed by atoms with Crippen LogP contribution in [0.4, 0.5) is 0 Å². The van der Waals surface area contributed by atoms with Gasteiger partial charge in [0.15, 0.2) is 0 Å². The molecule has 1 fully saturated rings. The number of nitrogens with one attached hydrogen (secondary N) is 1. The van der Waals surface area contributed by atoms with Crippen LogP contribution in [0.3, 0.4) is 0 Å². The molecule has 6 nitrogen and oxygen atoms in total. The molecule has 0 aliphatic heterocycles. The van der Waals surface area contributed by atoms with Gasteiger partial charge in [-0.25, -0.2) is 4.79 Å². The Morgan fingerprint density at radius 1 is 1.06 bits per heavy atom. The average molecular weight is 457 g/mol. The summed E-state index contributed by atoms with van der Waals surface area (Å²) in [6.45, 7) is 0. The number of methoxy groups -OCH3 is 1. The van der Waals surface area contributed by atoms with Crippen LogP contribution in [0.25, 0.3) is 11.1 Å². The van der Waals surface area contributed by atoms with Crippen LogP contribution in [-0.4, -0.2) is 37.8 Å². The summed E-state index contributed by atoms with van der Waals surface area (Å²) in [7, 11) is 2.74. The maximum Gasteiger partial charge on any atom is 0.328 e. The fourth-order valence-corrected chi connectivity index (χ4v) is 4.34. The van der Waals surface area contributed by atoms with Crippen molar-refractivity contribution in [1.29, 1.82) is 0 Å². The van der Waals surface area contributed by atoms with E-state index in [1.165, 1.54) is 14.2 Å². The van der Waals surface area contributed by atoms with Gasteiger partial charge in [-0.15, -0.1) is 0 Å². The molecule has 0 bridgehead atoms. The fourth-order valence-electron chi connectivity index (χ4n) is 4.09. The smallest absolute Gasteiger partial charge is 0.328 e. The minimum Gasteiger partial charge on any atom is -0.467 e. The molecule has 1 saturated carbocycles. The molecule has 0 heterocycles. The van der Waals surface area contributed by atoms with Crippen LogP contribution < -0.4 is 5.32 Å². The predicted molar refractivity (Wildman–Crippen MR) is 126 cm³/mol. The van der Waals surface area contributed by atoms with Crippen molar-refractivity contribution in [2.75, 3.05) is 14.2 Å². The normalized spacial score (nSPS) is 15.7. The van der Waals surface area contributed by atoms with Crippen molar-refractivity contribution < 1.29 is 19.2 Å². The van der Waals surface area contributed by atoms with Crippen LogP contribution in [0.1, 0.15) is 37.7 Å². The summed E-state index contributed by atoms with van der Waals surface area (Å²) in [5.74, 6) is -0.854. The van der Waals surface area contributed by atoms with Gasteiger partial charge in [0.2, 0.25) is 0 Å². The number of hydrogen-bond acceptors (Lipinski definition) is 5. The summed E-state index contributed by atoms with van der Waals surface area (Å²) < 4.78 is 4.94. The Labute approximate surface area is 193 Å². The van der Waals surface area contributed by atoms with Crippen molar-refractivity contribution in [2.24, 2.45) is 11.1 Å². The molecule has 1 amide bonds. The van der Waals surface area contributed by atoms with Gasteiger partial charge in [0.1, 0.15) is 18.9 Å². The van der Waals surface area contributed by atoms with Crippen LogP contribution in [0, 0.1) is 5.92 Å². The van der Waals surface area contributed by atoms with Gasteiger partial charge in [-0.3, -0.25) is 4.79 Å². The standard InChI is InChI=1S/C25H29ClN2O4/c1-31-25(30)22(27-24(29)23(28-32-2)19-8-4-3-5-9-19)16-17-12-14-18(15-13-17)20-10-6-7-11-21(20)26/h6-7,10-15,19,22H,3-5,8-9,16H2,1-2H3,(H,27,29)/t22-/m0/s1. The minimum atomic E-state index is -0.829. The molecule has 3 rings (SSSR count). The SMILES string of the molecule is CON=C(C(=O)N[C@@H](Cc1ccc(-c2ccccc2Cl)cc1)C(=O)OC)C1CCCCC1. The van der Waals surface area contributed by atoms with E-state index in [-0.39, 0.29) is 11.8 Å². The van der Waals surface area contributed by atoms with Crippen LogP contribution >= 0.6 is 11.6 Å². The van der Waals surface area contributed by atoms with E-state index in [1.54, 1.807) is 0 Å². The zero-order valence-corrected chi connectivity index (χ0v) is 19.2. The second-order valence-electron chi connectivity index (χ2n) is 7.92. The number of carbonyl (C=O) groups is 2. The lowest BCUT2D eigenvalue weighted by atomic mass is 9.85. The number of amides is 1. The number of rotatable bonds is 8. The largest absolute Gasteiger partial charge is 0.467 e. The van der Waals surface area contributed by atoms with Crippen molar-refractivity contribution in [3.63, 3.8) is 0 Å². The summed E-state index contributed by atoms with van der Waals surface area (Å²) in [6, 6.07) is 14.5. The van der Waals surface area contributed by atoms with Gasteiger partial charge in [-0.1, -0.05) is 78.5 Å². The van der Waals surface area contributed by atoms with Gasteiger partial charge in [0.05, 0.1) is 7.11 Å².